The minimum Gasteiger partial charge on any atom is -0.403 e. The molecule has 3 heterocycles. The number of aromatic nitrogens is 3. The normalized spacial score (nSPS) is 17.2. The van der Waals surface area contributed by atoms with Gasteiger partial charge in [0.15, 0.2) is 5.82 Å². The first kappa shape index (κ1) is 28.9. The average Bonchev–Trinajstić information content (AvgIpc) is 2.97. The molecule has 0 fully saturated rings. The minimum atomic E-state index is -0.793. The van der Waals surface area contributed by atoms with Crippen LogP contribution in [-0.2, 0) is 4.79 Å². The number of fused-ring (bicyclic) bond motifs is 4. The van der Waals surface area contributed by atoms with Crippen molar-refractivity contribution >= 4 is 28.9 Å². The molecule has 1 aliphatic rings. The highest BCUT2D eigenvalue weighted by molar-refractivity contribution is 6.31. The van der Waals surface area contributed by atoms with Gasteiger partial charge in [-0.2, -0.15) is 0 Å². The molecular formula is C30H28ClF2N7O2. The summed E-state index contributed by atoms with van der Waals surface area (Å²) in [6, 6.07) is 11.1. The topological polar surface area (TPSA) is 132 Å². The van der Waals surface area contributed by atoms with Crippen molar-refractivity contribution < 1.29 is 13.6 Å². The Labute approximate surface area is 245 Å². The second-order valence-corrected chi connectivity index (χ2v) is 10.4. The smallest absolute Gasteiger partial charge is 0.254 e. The Kier molecular flexibility index (Phi) is 8.32. The van der Waals surface area contributed by atoms with Crippen LogP contribution in [0, 0.1) is 17.6 Å². The maximum atomic E-state index is 15.3. The van der Waals surface area contributed by atoms with Crippen LogP contribution in [0.4, 0.5) is 20.2 Å². The van der Waals surface area contributed by atoms with Crippen molar-refractivity contribution in [3.05, 3.63) is 106 Å². The molecule has 2 aromatic carbocycles. The van der Waals surface area contributed by atoms with E-state index >= 15 is 4.39 Å². The molecule has 2 aromatic heterocycles. The van der Waals surface area contributed by atoms with Crippen LogP contribution < -0.4 is 27.5 Å². The lowest BCUT2D eigenvalue weighted by Crippen LogP contribution is -2.28. The van der Waals surface area contributed by atoms with Crippen molar-refractivity contribution in [1.29, 1.82) is 0 Å². The number of carbonyl (C=O) groups is 1. The third-order valence-corrected chi connectivity index (χ3v) is 7.55. The molecule has 216 valence electrons. The number of pyridine rings is 1. The number of halogens is 3. The molecule has 2 bridgehead atoms. The standard InChI is InChI=1S/C30H28ClF2N7O2/c1-17-3-2-4-25(23-13-18(9-11-36-23)20-14-19(32)5-7-22(20)38-30(17)42)39-16-37-24(15-27(39)41)28-26(40(35)12-10-34)8-6-21(31)29(28)33/h5-17,25H,2-4,34-35H2,1H3,(H,38,42)/b12-10-. The summed E-state index contributed by atoms with van der Waals surface area (Å²) in [6.45, 7) is 1.82. The monoisotopic (exact) mass is 591 g/mol. The summed E-state index contributed by atoms with van der Waals surface area (Å²) in [5, 5.41) is 3.85. The van der Waals surface area contributed by atoms with Crippen LogP contribution in [0.3, 0.4) is 0 Å². The van der Waals surface area contributed by atoms with Crippen molar-refractivity contribution in [2.45, 2.75) is 32.2 Å². The Morgan fingerprint density at radius 3 is 2.67 bits per heavy atom. The van der Waals surface area contributed by atoms with Gasteiger partial charge in [0.2, 0.25) is 5.91 Å². The van der Waals surface area contributed by atoms with E-state index in [4.69, 9.17) is 23.2 Å². The van der Waals surface area contributed by atoms with Crippen molar-refractivity contribution in [1.82, 2.24) is 14.5 Å². The molecule has 0 radical (unpaired) electrons. The predicted octanol–water partition coefficient (Wildman–Crippen LogP) is 5.36. The second-order valence-electron chi connectivity index (χ2n) is 10.0. The lowest BCUT2D eigenvalue weighted by molar-refractivity contribution is -0.119. The van der Waals surface area contributed by atoms with Crippen molar-refractivity contribution in [3.8, 4) is 22.4 Å². The fourth-order valence-corrected chi connectivity index (χ4v) is 5.21. The summed E-state index contributed by atoms with van der Waals surface area (Å²) in [5.41, 5.74) is 7.27. The van der Waals surface area contributed by atoms with E-state index in [2.05, 4.69) is 15.3 Å². The second kappa shape index (κ2) is 12.1. The molecule has 4 aromatic rings. The van der Waals surface area contributed by atoms with Crippen LogP contribution in [0.15, 0.2) is 78.2 Å². The first-order chi connectivity index (χ1) is 20.2. The molecule has 1 aliphatic heterocycles. The van der Waals surface area contributed by atoms with Gasteiger partial charge in [0.25, 0.3) is 5.56 Å². The third-order valence-electron chi connectivity index (χ3n) is 7.26. The number of rotatable bonds is 4. The van der Waals surface area contributed by atoms with Gasteiger partial charge >= 0.3 is 0 Å². The van der Waals surface area contributed by atoms with Gasteiger partial charge in [-0.15, -0.1) is 0 Å². The van der Waals surface area contributed by atoms with Crippen molar-refractivity contribution in [3.63, 3.8) is 0 Å². The lowest BCUT2D eigenvalue weighted by Gasteiger charge is -2.23. The van der Waals surface area contributed by atoms with Crippen LogP contribution in [0.5, 0.6) is 0 Å². The molecule has 42 heavy (non-hydrogen) atoms. The third kappa shape index (κ3) is 5.74. The number of nitrogens with zero attached hydrogens (tertiary/aromatic N) is 4. The summed E-state index contributed by atoms with van der Waals surface area (Å²) in [7, 11) is 0. The SMILES string of the molecule is CC1CCCC(n2cnc(-c3c(N(N)/C=C\N)ccc(Cl)c3F)cc2=O)c2cc(ccn2)-c2cc(F)ccc2NC1=O. The van der Waals surface area contributed by atoms with Gasteiger partial charge in [0.05, 0.1) is 40.0 Å². The van der Waals surface area contributed by atoms with Gasteiger partial charge in [0, 0.05) is 41.8 Å². The minimum absolute atomic E-state index is 0.0247. The lowest BCUT2D eigenvalue weighted by atomic mass is 9.95. The molecule has 2 atom stereocenters. The van der Waals surface area contributed by atoms with Crippen LogP contribution in [-0.4, -0.2) is 20.4 Å². The highest BCUT2D eigenvalue weighted by atomic mass is 35.5. The van der Waals surface area contributed by atoms with Crippen LogP contribution >= 0.6 is 11.6 Å². The van der Waals surface area contributed by atoms with Gasteiger partial charge in [-0.25, -0.2) is 19.6 Å². The first-order valence-electron chi connectivity index (χ1n) is 13.2. The van der Waals surface area contributed by atoms with Crippen LogP contribution in [0.25, 0.3) is 22.4 Å². The van der Waals surface area contributed by atoms with E-state index in [1.807, 2.05) is 6.92 Å². The molecule has 12 heteroatoms. The molecular weight excluding hydrogens is 564 g/mol. The number of amides is 1. The Morgan fingerprint density at radius 2 is 1.90 bits per heavy atom. The summed E-state index contributed by atoms with van der Waals surface area (Å²) >= 11 is 6.05. The highest BCUT2D eigenvalue weighted by Gasteiger charge is 2.24. The number of nitrogens with two attached hydrogens (primary N) is 2. The van der Waals surface area contributed by atoms with Gasteiger partial charge < -0.3 is 11.1 Å². The number of benzene rings is 2. The maximum absolute atomic E-state index is 15.3. The molecule has 2 unspecified atom stereocenters. The molecule has 0 spiro atoms. The van der Waals surface area contributed by atoms with Gasteiger partial charge in [-0.3, -0.25) is 24.1 Å². The fourth-order valence-electron chi connectivity index (χ4n) is 5.05. The number of hydrogen-bond acceptors (Lipinski definition) is 7. The Morgan fingerprint density at radius 1 is 1.10 bits per heavy atom. The molecule has 0 saturated heterocycles. The van der Waals surface area contributed by atoms with E-state index in [1.165, 1.54) is 59.7 Å². The Hall–Kier alpha value is -4.61. The van der Waals surface area contributed by atoms with E-state index in [0.717, 1.165) is 5.01 Å². The largest absolute Gasteiger partial charge is 0.403 e. The van der Waals surface area contributed by atoms with E-state index in [-0.39, 0.29) is 33.8 Å². The van der Waals surface area contributed by atoms with Crippen molar-refractivity contribution in [2.24, 2.45) is 17.5 Å². The summed E-state index contributed by atoms with van der Waals surface area (Å²) < 4.78 is 31.0. The zero-order valence-electron chi connectivity index (χ0n) is 22.6. The molecule has 0 saturated carbocycles. The number of nitrogens with one attached hydrogen (secondary N) is 1. The van der Waals surface area contributed by atoms with E-state index < -0.39 is 23.2 Å². The predicted molar refractivity (Wildman–Crippen MR) is 158 cm³/mol. The quantitative estimate of drug-likeness (QED) is 0.215. The van der Waals surface area contributed by atoms with Gasteiger partial charge in [0.1, 0.15) is 5.82 Å². The number of hydrogen-bond donors (Lipinski definition) is 3. The highest BCUT2D eigenvalue weighted by Crippen LogP contribution is 2.36. The van der Waals surface area contributed by atoms with E-state index in [9.17, 15) is 14.0 Å². The fraction of sp³-hybridized carbons (Fsp3) is 0.200. The molecule has 1 amide bonds. The first-order valence-corrected chi connectivity index (χ1v) is 13.6. The zero-order chi connectivity index (χ0) is 30.0. The van der Waals surface area contributed by atoms with Crippen molar-refractivity contribution in [2.75, 3.05) is 10.3 Å². The molecule has 5 rings (SSSR count). The maximum Gasteiger partial charge on any atom is 0.254 e. The van der Waals surface area contributed by atoms with Crippen LogP contribution in [0.2, 0.25) is 5.02 Å². The Bertz CT molecular complexity index is 1740. The summed E-state index contributed by atoms with van der Waals surface area (Å²) in [4.78, 5) is 35.5. The Balaban J connectivity index is 1.62. The van der Waals surface area contributed by atoms with Crippen LogP contribution in [0.1, 0.15) is 37.9 Å². The average molecular weight is 592 g/mol. The number of anilines is 2. The zero-order valence-corrected chi connectivity index (χ0v) is 23.4. The molecule has 9 nitrogen and oxygen atoms in total. The molecule has 5 N–H and O–H groups in total. The van der Waals surface area contributed by atoms with Gasteiger partial charge in [-0.1, -0.05) is 24.9 Å². The summed E-state index contributed by atoms with van der Waals surface area (Å²) in [5.74, 6) is 4.24. The number of hydrazine groups is 1. The summed E-state index contributed by atoms with van der Waals surface area (Å²) in [6.07, 6.45) is 7.00. The number of carbonyl (C=O) groups excluding carboxylic acids is 1. The molecule has 0 aliphatic carbocycles. The van der Waals surface area contributed by atoms with Gasteiger partial charge in [-0.05, 0) is 60.9 Å². The van der Waals surface area contributed by atoms with E-state index in [1.54, 1.807) is 18.3 Å². The van der Waals surface area contributed by atoms with E-state index in [0.29, 0.717) is 41.8 Å².